The second-order valence-corrected chi connectivity index (χ2v) is 5.40. The summed E-state index contributed by atoms with van der Waals surface area (Å²) in [5.74, 6) is 0.0785. The van der Waals surface area contributed by atoms with Crippen LogP contribution in [0.1, 0.15) is 0 Å². The van der Waals surface area contributed by atoms with Crippen LogP contribution in [0.15, 0.2) is 53.8 Å². The Balaban J connectivity index is 1.84. The number of aromatic nitrogens is 5. The summed E-state index contributed by atoms with van der Waals surface area (Å²) in [6.45, 7) is 0. The Labute approximate surface area is 136 Å². The average molecular weight is 319 g/mol. The summed E-state index contributed by atoms with van der Waals surface area (Å²) >= 11 is 0. The lowest BCUT2D eigenvalue weighted by atomic mass is 10.1. The third-order valence-electron chi connectivity index (χ3n) is 3.86. The van der Waals surface area contributed by atoms with Gasteiger partial charge in [-0.25, -0.2) is 9.97 Å². The Morgan fingerprint density at radius 1 is 1.08 bits per heavy atom. The molecule has 2 N–H and O–H groups in total. The van der Waals surface area contributed by atoms with Crippen molar-refractivity contribution in [2.24, 2.45) is 7.05 Å². The Morgan fingerprint density at radius 2 is 1.96 bits per heavy atom. The van der Waals surface area contributed by atoms with E-state index >= 15 is 0 Å². The number of H-pyrrole nitrogens is 1. The number of rotatable bonds is 2. The van der Waals surface area contributed by atoms with Crippen LogP contribution in [0.5, 0.6) is 5.75 Å². The minimum atomic E-state index is -0.492. The van der Waals surface area contributed by atoms with E-state index in [1.807, 2.05) is 24.4 Å². The smallest absolute Gasteiger partial charge is 0.295 e. The van der Waals surface area contributed by atoms with E-state index in [1.54, 1.807) is 25.5 Å². The maximum absolute atomic E-state index is 11.9. The Hall–Kier alpha value is -3.48. The molecule has 0 aliphatic rings. The summed E-state index contributed by atoms with van der Waals surface area (Å²) < 4.78 is 1.31. The monoisotopic (exact) mass is 319 g/mol. The molecule has 118 valence electrons. The lowest BCUT2D eigenvalue weighted by Gasteiger charge is -2.08. The van der Waals surface area contributed by atoms with Gasteiger partial charge >= 0.3 is 0 Å². The topological polar surface area (TPSA) is 96.7 Å². The molecule has 0 atom stereocenters. The van der Waals surface area contributed by atoms with Crippen molar-refractivity contribution < 1.29 is 5.11 Å². The minimum absolute atomic E-state index is 0.377. The van der Waals surface area contributed by atoms with Crippen molar-refractivity contribution in [3.05, 3.63) is 59.4 Å². The first-order valence-electron chi connectivity index (χ1n) is 7.28. The summed E-state index contributed by atoms with van der Waals surface area (Å²) in [5.41, 5.74) is 2.65. The van der Waals surface area contributed by atoms with E-state index in [0.717, 1.165) is 34.1 Å². The first-order chi connectivity index (χ1) is 11.6. The zero-order chi connectivity index (χ0) is 16.7. The largest absolute Gasteiger partial charge is 0.502 e. The van der Waals surface area contributed by atoms with Gasteiger partial charge in [0.25, 0.3) is 5.56 Å². The van der Waals surface area contributed by atoms with Gasteiger partial charge < -0.3 is 10.1 Å². The molecule has 4 aromatic heterocycles. The zero-order valence-electron chi connectivity index (χ0n) is 12.8. The van der Waals surface area contributed by atoms with Gasteiger partial charge in [0.1, 0.15) is 11.5 Å². The van der Waals surface area contributed by atoms with Crippen LogP contribution >= 0.6 is 0 Å². The van der Waals surface area contributed by atoms with Crippen LogP contribution in [0.25, 0.3) is 33.7 Å². The highest BCUT2D eigenvalue weighted by molar-refractivity contribution is 5.81. The number of fused-ring (bicyclic) bond motifs is 1. The van der Waals surface area contributed by atoms with E-state index in [4.69, 9.17) is 0 Å². The molecular weight excluding hydrogens is 306 g/mol. The highest BCUT2D eigenvalue weighted by Crippen LogP contribution is 2.24. The maximum Gasteiger partial charge on any atom is 0.295 e. The van der Waals surface area contributed by atoms with Gasteiger partial charge in [0.2, 0.25) is 0 Å². The molecule has 4 aromatic rings. The normalized spacial score (nSPS) is 11.0. The maximum atomic E-state index is 11.9. The van der Waals surface area contributed by atoms with E-state index in [2.05, 4.69) is 19.9 Å². The lowest BCUT2D eigenvalue weighted by Crippen LogP contribution is -2.19. The number of pyridine rings is 2. The number of aromatic hydroxyl groups is 1. The fourth-order valence-corrected chi connectivity index (χ4v) is 2.61. The number of nitrogens with zero attached hydrogens (tertiary/aromatic N) is 4. The summed E-state index contributed by atoms with van der Waals surface area (Å²) in [5, 5.41) is 10.5. The number of hydrogen-bond acceptors (Lipinski definition) is 5. The van der Waals surface area contributed by atoms with Gasteiger partial charge in [-0.05, 0) is 24.3 Å². The van der Waals surface area contributed by atoms with Crippen molar-refractivity contribution in [1.29, 1.82) is 0 Å². The van der Waals surface area contributed by atoms with Crippen molar-refractivity contribution in [2.45, 2.75) is 0 Å². The molecule has 0 radical (unpaired) electrons. The SMILES string of the molecule is Cn1c(-c2ccnc(-c3cnc4[nH]ccc4c3)c2)ncc(O)c1=O. The molecule has 24 heavy (non-hydrogen) atoms. The van der Waals surface area contributed by atoms with Gasteiger partial charge in [0.15, 0.2) is 5.75 Å². The number of nitrogens with one attached hydrogen (secondary N) is 1. The zero-order valence-corrected chi connectivity index (χ0v) is 12.8. The predicted molar refractivity (Wildman–Crippen MR) is 89.5 cm³/mol. The Kier molecular flexibility index (Phi) is 3.13. The van der Waals surface area contributed by atoms with Crippen LogP contribution < -0.4 is 5.56 Å². The second-order valence-electron chi connectivity index (χ2n) is 5.40. The van der Waals surface area contributed by atoms with E-state index in [1.165, 1.54) is 4.57 Å². The molecule has 0 unspecified atom stereocenters. The molecule has 0 aliphatic heterocycles. The third-order valence-corrected chi connectivity index (χ3v) is 3.86. The first-order valence-corrected chi connectivity index (χ1v) is 7.28. The molecular formula is C17H13N5O2. The summed E-state index contributed by atoms with van der Waals surface area (Å²) in [6.07, 6.45) is 6.39. The molecule has 0 bridgehead atoms. The molecule has 7 nitrogen and oxygen atoms in total. The predicted octanol–water partition coefficient (Wildman–Crippen LogP) is 2.09. The van der Waals surface area contributed by atoms with Gasteiger partial charge in [-0.2, -0.15) is 0 Å². The van der Waals surface area contributed by atoms with Crippen molar-refractivity contribution in [3.63, 3.8) is 0 Å². The lowest BCUT2D eigenvalue weighted by molar-refractivity contribution is 0.457. The van der Waals surface area contributed by atoms with Crippen molar-refractivity contribution >= 4 is 11.0 Å². The van der Waals surface area contributed by atoms with Crippen molar-refractivity contribution in [1.82, 2.24) is 24.5 Å². The summed E-state index contributed by atoms with van der Waals surface area (Å²) in [6, 6.07) is 7.55. The van der Waals surface area contributed by atoms with E-state index in [-0.39, 0.29) is 5.75 Å². The van der Waals surface area contributed by atoms with E-state index in [9.17, 15) is 9.90 Å². The number of aromatic amines is 1. The average Bonchev–Trinajstić information content (AvgIpc) is 3.07. The van der Waals surface area contributed by atoms with Gasteiger partial charge in [-0.3, -0.25) is 14.3 Å². The van der Waals surface area contributed by atoms with E-state index in [0.29, 0.717) is 5.82 Å². The third kappa shape index (κ3) is 2.23. The van der Waals surface area contributed by atoms with Crippen LogP contribution in [0.4, 0.5) is 0 Å². The van der Waals surface area contributed by atoms with Crippen LogP contribution in [-0.2, 0) is 7.05 Å². The van der Waals surface area contributed by atoms with Gasteiger partial charge in [-0.1, -0.05) is 0 Å². The minimum Gasteiger partial charge on any atom is -0.502 e. The van der Waals surface area contributed by atoms with Crippen LogP contribution in [0.3, 0.4) is 0 Å². The molecule has 7 heteroatoms. The Morgan fingerprint density at radius 3 is 2.83 bits per heavy atom. The van der Waals surface area contributed by atoms with Crippen molar-refractivity contribution in [2.75, 3.05) is 0 Å². The fourth-order valence-electron chi connectivity index (χ4n) is 2.61. The molecule has 0 fully saturated rings. The van der Waals surface area contributed by atoms with Crippen LogP contribution in [0.2, 0.25) is 0 Å². The van der Waals surface area contributed by atoms with Gasteiger partial charge in [0, 0.05) is 42.2 Å². The molecule has 0 saturated carbocycles. The quantitative estimate of drug-likeness (QED) is 0.590. The van der Waals surface area contributed by atoms with E-state index < -0.39 is 5.56 Å². The molecule has 4 rings (SSSR count). The Bertz CT molecular complexity index is 1110. The molecule has 0 amide bonds. The molecule has 0 saturated heterocycles. The molecule has 0 spiro atoms. The fraction of sp³-hybridized carbons (Fsp3) is 0.0588. The summed E-state index contributed by atoms with van der Waals surface area (Å²) in [4.78, 5) is 27.8. The second kappa shape index (κ2) is 5.31. The molecule has 4 heterocycles. The number of hydrogen-bond donors (Lipinski definition) is 2. The van der Waals surface area contributed by atoms with Crippen LogP contribution in [-0.4, -0.2) is 29.6 Å². The molecule has 0 aromatic carbocycles. The van der Waals surface area contributed by atoms with Crippen molar-refractivity contribution in [3.8, 4) is 28.4 Å². The molecule has 0 aliphatic carbocycles. The van der Waals surface area contributed by atoms with Crippen LogP contribution in [0, 0.1) is 0 Å². The first kappa shape index (κ1) is 14.1. The summed E-state index contributed by atoms with van der Waals surface area (Å²) in [7, 11) is 1.57. The highest BCUT2D eigenvalue weighted by Gasteiger charge is 2.10. The van der Waals surface area contributed by atoms with Gasteiger partial charge in [-0.15, -0.1) is 0 Å². The van der Waals surface area contributed by atoms with Gasteiger partial charge in [0.05, 0.1) is 11.9 Å². The standard InChI is InChI=1S/C17H13N5O2/c1-22-16(21-9-14(23)17(22)24)11-3-4-18-13(7-11)12-6-10-2-5-19-15(10)20-8-12/h2-9,23H,1H3,(H,19,20). The highest BCUT2D eigenvalue weighted by atomic mass is 16.3.